The fourth-order valence-electron chi connectivity index (χ4n) is 2.66. The summed E-state index contributed by atoms with van der Waals surface area (Å²) in [7, 11) is 0. The van der Waals surface area contributed by atoms with Crippen molar-refractivity contribution in [2.75, 3.05) is 0 Å². The molecule has 2 amide bonds. The summed E-state index contributed by atoms with van der Waals surface area (Å²) >= 11 is 0. The number of carbonyl (C=O) groups excluding carboxylic acids is 2. The molecule has 0 bridgehead atoms. The SMILES string of the molecule is O=C1CC2C=CC=C3C=CC=CC32C(=O)N1. The summed E-state index contributed by atoms with van der Waals surface area (Å²) in [5.41, 5.74) is 0.310. The van der Waals surface area contributed by atoms with Gasteiger partial charge in [0.05, 0.1) is 5.41 Å². The van der Waals surface area contributed by atoms with Gasteiger partial charge in [0, 0.05) is 12.3 Å². The number of piperidine rings is 1. The van der Waals surface area contributed by atoms with Crippen LogP contribution in [0.2, 0.25) is 0 Å². The lowest BCUT2D eigenvalue weighted by molar-refractivity contribution is -0.140. The molecule has 3 nitrogen and oxygen atoms in total. The Labute approximate surface area is 93.2 Å². The van der Waals surface area contributed by atoms with Gasteiger partial charge in [0.1, 0.15) is 0 Å². The second-order valence-corrected chi connectivity index (χ2v) is 4.28. The smallest absolute Gasteiger partial charge is 0.241 e. The Morgan fingerprint density at radius 2 is 2.12 bits per heavy atom. The highest BCUT2D eigenvalue weighted by Crippen LogP contribution is 2.46. The minimum Gasteiger partial charge on any atom is -0.295 e. The Morgan fingerprint density at radius 3 is 3.00 bits per heavy atom. The number of carbonyl (C=O) groups is 2. The summed E-state index contributed by atoms with van der Waals surface area (Å²) in [6, 6.07) is 0. The maximum Gasteiger partial charge on any atom is 0.241 e. The van der Waals surface area contributed by atoms with E-state index in [9.17, 15) is 9.59 Å². The fourth-order valence-corrected chi connectivity index (χ4v) is 2.66. The summed E-state index contributed by atoms with van der Waals surface area (Å²) in [5, 5.41) is 2.43. The molecule has 16 heavy (non-hydrogen) atoms. The van der Waals surface area contributed by atoms with Gasteiger partial charge in [-0.05, 0) is 5.57 Å². The van der Waals surface area contributed by atoms with Crippen molar-refractivity contribution in [3.63, 3.8) is 0 Å². The summed E-state index contributed by atoms with van der Waals surface area (Å²) < 4.78 is 0. The van der Waals surface area contributed by atoms with E-state index in [2.05, 4.69) is 5.32 Å². The van der Waals surface area contributed by atoms with Gasteiger partial charge in [-0.25, -0.2) is 0 Å². The summed E-state index contributed by atoms with van der Waals surface area (Å²) in [6.07, 6.45) is 13.8. The van der Waals surface area contributed by atoms with Gasteiger partial charge in [0.15, 0.2) is 0 Å². The number of amides is 2. The van der Waals surface area contributed by atoms with Crippen molar-refractivity contribution in [3.8, 4) is 0 Å². The molecule has 3 rings (SSSR count). The number of allylic oxidation sites excluding steroid dienone is 6. The van der Waals surface area contributed by atoms with Crippen molar-refractivity contribution in [1.82, 2.24) is 5.32 Å². The highest BCUT2D eigenvalue weighted by molar-refractivity contribution is 6.04. The van der Waals surface area contributed by atoms with Gasteiger partial charge < -0.3 is 0 Å². The molecule has 3 heteroatoms. The minimum absolute atomic E-state index is 0.0463. The Bertz CT molecular complexity index is 496. The van der Waals surface area contributed by atoms with Gasteiger partial charge in [0.25, 0.3) is 0 Å². The van der Waals surface area contributed by atoms with E-state index in [1.54, 1.807) is 0 Å². The van der Waals surface area contributed by atoms with E-state index in [-0.39, 0.29) is 17.7 Å². The molecular formula is C13H11NO2. The molecule has 0 aromatic rings. The van der Waals surface area contributed by atoms with E-state index in [0.717, 1.165) is 5.57 Å². The normalized spacial score (nSPS) is 35.2. The molecule has 0 aromatic carbocycles. The Morgan fingerprint density at radius 1 is 1.25 bits per heavy atom. The number of imide groups is 1. The number of rotatable bonds is 0. The largest absolute Gasteiger partial charge is 0.295 e. The second-order valence-electron chi connectivity index (χ2n) is 4.28. The zero-order chi connectivity index (χ0) is 11.2. The molecule has 1 spiro atoms. The van der Waals surface area contributed by atoms with Gasteiger partial charge in [-0.1, -0.05) is 42.5 Å². The van der Waals surface area contributed by atoms with Crippen LogP contribution in [0.15, 0.2) is 48.1 Å². The first-order chi connectivity index (χ1) is 7.73. The van der Waals surface area contributed by atoms with E-state index in [0.29, 0.717) is 6.42 Å². The van der Waals surface area contributed by atoms with Gasteiger partial charge in [-0.3, -0.25) is 14.9 Å². The molecule has 0 saturated carbocycles. The van der Waals surface area contributed by atoms with Crippen molar-refractivity contribution in [2.45, 2.75) is 6.42 Å². The Balaban J connectivity index is 2.16. The molecule has 3 aliphatic rings. The van der Waals surface area contributed by atoms with Crippen molar-refractivity contribution in [1.29, 1.82) is 0 Å². The Kier molecular flexibility index (Phi) is 1.78. The molecule has 80 valence electrons. The predicted molar refractivity (Wildman–Crippen MR) is 59.2 cm³/mol. The van der Waals surface area contributed by atoms with Crippen molar-refractivity contribution < 1.29 is 9.59 Å². The van der Waals surface area contributed by atoms with Crippen molar-refractivity contribution >= 4 is 11.8 Å². The zero-order valence-electron chi connectivity index (χ0n) is 8.64. The molecule has 0 aromatic heterocycles. The standard InChI is InChI=1S/C13H11NO2/c15-11-8-10-6-3-5-9-4-1-2-7-13(9,10)12(16)14-11/h1-7,10H,8H2,(H,14,15,16). The van der Waals surface area contributed by atoms with E-state index < -0.39 is 5.41 Å². The fraction of sp³-hybridized carbons (Fsp3) is 0.231. The third-order valence-electron chi connectivity index (χ3n) is 3.46. The quantitative estimate of drug-likeness (QED) is 0.616. The molecular weight excluding hydrogens is 202 g/mol. The molecule has 1 aliphatic heterocycles. The lowest BCUT2D eigenvalue weighted by Gasteiger charge is -2.42. The predicted octanol–water partition coefficient (Wildman–Crippen LogP) is 1.26. The van der Waals surface area contributed by atoms with E-state index in [4.69, 9.17) is 0 Å². The lowest BCUT2D eigenvalue weighted by atomic mass is 9.62. The maximum absolute atomic E-state index is 12.1. The molecule has 0 radical (unpaired) electrons. The molecule has 2 unspecified atom stereocenters. The van der Waals surface area contributed by atoms with Gasteiger partial charge in [0.2, 0.25) is 11.8 Å². The van der Waals surface area contributed by atoms with Gasteiger partial charge in [-0.2, -0.15) is 0 Å². The van der Waals surface area contributed by atoms with E-state index in [1.807, 2.05) is 42.5 Å². The molecule has 1 heterocycles. The molecule has 1 N–H and O–H groups in total. The van der Waals surface area contributed by atoms with Crippen molar-refractivity contribution in [3.05, 3.63) is 48.1 Å². The molecule has 2 aliphatic carbocycles. The minimum atomic E-state index is -0.655. The van der Waals surface area contributed by atoms with Crippen LogP contribution in [0, 0.1) is 11.3 Å². The average Bonchev–Trinajstić information content (AvgIpc) is 2.28. The molecule has 1 fully saturated rings. The Hall–Kier alpha value is -1.90. The lowest BCUT2D eigenvalue weighted by Crippen LogP contribution is -2.54. The number of hydrogen-bond acceptors (Lipinski definition) is 2. The number of hydrogen-bond donors (Lipinski definition) is 1. The van der Waals surface area contributed by atoms with Crippen LogP contribution in [0.1, 0.15) is 6.42 Å². The highest BCUT2D eigenvalue weighted by atomic mass is 16.2. The average molecular weight is 213 g/mol. The second kappa shape index (κ2) is 3.04. The highest BCUT2D eigenvalue weighted by Gasteiger charge is 2.50. The van der Waals surface area contributed by atoms with Crippen molar-refractivity contribution in [2.24, 2.45) is 11.3 Å². The van der Waals surface area contributed by atoms with Crippen LogP contribution in [-0.4, -0.2) is 11.8 Å². The van der Waals surface area contributed by atoms with Gasteiger partial charge in [-0.15, -0.1) is 0 Å². The topological polar surface area (TPSA) is 46.2 Å². The molecule has 2 atom stereocenters. The van der Waals surface area contributed by atoms with Crippen LogP contribution in [0.3, 0.4) is 0 Å². The van der Waals surface area contributed by atoms with Crippen LogP contribution < -0.4 is 5.32 Å². The van der Waals surface area contributed by atoms with Gasteiger partial charge >= 0.3 is 0 Å². The van der Waals surface area contributed by atoms with Crippen LogP contribution in [0.5, 0.6) is 0 Å². The molecule has 1 saturated heterocycles. The summed E-state index contributed by atoms with van der Waals surface area (Å²) in [5.74, 6) is -0.436. The monoisotopic (exact) mass is 213 g/mol. The van der Waals surface area contributed by atoms with Crippen LogP contribution in [-0.2, 0) is 9.59 Å². The number of nitrogens with one attached hydrogen (secondary N) is 1. The zero-order valence-corrected chi connectivity index (χ0v) is 8.64. The van der Waals surface area contributed by atoms with Crippen LogP contribution >= 0.6 is 0 Å². The third-order valence-corrected chi connectivity index (χ3v) is 3.46. The summed E-state index contributed by atoms with van der Waals surface area (Å²) in [6.45, 7) is 0. The maximum atomic E-state index is 12.1. The first kappa shape index (κ1) is 9.33. The van der Waals surface area contributed by atoms with E-state index >= 15 is 0 Å². The summed E-state index contributed by atoms with van der Waals surface area (Å²) in [4.78, 5) is 23.5. The van der Waals surface area contributed by atoms with Crippen LogP contribution in [0.25, 0.3) is 0 Å². The first-order valence-electron chi connectivity index (χ1n) is 5.32. The first-order valence-corrected chi connectivity index (χ1v) is 5.32. The third kappa shape index (κ3) is 1.03. The van der Waals surface area contributed by atoms with Crippen LogP contribution in [0.4, 0.5) is 0 Å². The van der Waals surface area contributed by atoms with E-state index in [1.165, 1.54) is 0 Å².